The van der Waals surface area contributed by atoms with Crippen LogP contribution < -0.4 is 0 Å². The van der Waals surface area contributed by atoms with Crippen LogP contribution in [0.25, 0.3) is 6.08 Å². The molecule has 2 saturated carbocycles. The highest BCUT2D eigenvalue weighted by atomic mass is 32.2. The van der Waals surface area contributed by atoms with Crippen LogP contribution in [0, 0.1) is 0 Å². The predicted octanol–water partition coefficient (Wildman–Crippen LogP) is 2.73. The summed E-state index contributed by atoms with van der Waals surface area (Å²) in [5.74, 6) is 1.95. The van der Waals surface area contributed by atoms with Crippen molar-refractivity contribution in [3.8, 4) is 0 Å². The van der Waals surface area contributed by atoms with Crippen molar-refractivity contribution in [2.75, 3.05) is 31.9 Å². The van der Waals surface area contributed by atoms with Crippen LogP contribution in [0.2, 0.25) is 0 Å². The van der Waals surface area contributed by atoms with Gasteiger partial charge in [0.1, 0.15) is 5.82 Å². The fourth-order valence-corrected chi connectivity index (χ4v) is 6.00. The molecule has 1 aromatic carbocycles. The Hall–Kier alpha value is -2.17. The molecule has 1 amide bonds. The number of carbonyl (C=O) groups is 1. The number of amides is 1. The lowest BCUT2D eigenvalue weighted by molar-refractivity contribution is -0.129. The molecule has 0 unspecified atom stereocenters. The van der Waals surface area contributed by atoms with E-state index in [0.717, 1.165) is 29.4 Å². The summed E-state index contributed by atoms with van der Waals surface area (Å²) in [4.78, 5) is 14.5. The molecule has 5 rings (SSSR count). The lowest BCUT2D eigenvalue weighted by Crippen LogP contribution is -2.50. The summed E-state index contributed by atoms with van der Waals surface area (Å²) in [5.41, 5.74) is 0.839. The summed E-state index contributed by atoms with van der Waals surface area (Å²) in [6.07, 6.45) is 6.29. The van der Waals surface area contributed by atoms with Gasteiger partial charge in [-0.3, -0.25) is 4.79 Å². The fraction of sp³-hybridized carbons (Fsp3) is 0.500. The standard InChI is InChI=1S/C22H27N5O3S2/c28-20(16-31-22-24-23-21(18-6-7-18)27(22)19-8-9-19)25-11-13-26(14-12-25)32(29,30)15-10-17-4-2-1-3-5-17/h1-5,10,15,18-19H,6-9,11-14,16H2. The SMILES string of the molecule is O=C(CSc1nnc(C2CC2)n1C1CC1)N1CCN(S(=O)(=O)C=Cc2ccccc2)CC1. The van der Waals surface area contributed by atoms with Crippen LogP contribution in [-0.2, 0) is 14.8 Å². The first kappa shape index (κ1) is 21.7. The molecule has 3 fully saturated rings. The van der Waals surface area contributed by atoms with Gasteiger partial charge in [0.25, 0.3) is 0 Å². The van der Waals surface area contributed by atoms with E-state index in [-0.39, 0.29) is 5.91 Å². The second-order valence-electron chi connectivity index (χ2n) is 8.54. The lowest BCUT2D eigenvalue weighted by Gasteiger charge is -2.33. The van der Waals surface area contributed by atoms with Crippen LogP contribution in [0.1, 0.15) is 49.0 Å². The second-order valence-corrected chi connectivity index (χ2v) is 11.3. The van der Waals surface area contributed by atoms with Gasteiger partial charge in [0.2, 0.25) is 15.9 Å². The Morgan fingerprint density at radius 3 is 2.41 bits per heavy atom. The Balaban J connectivity index is 1.14. The maximum absolute atomic E-state index is 12.8. The highest BCUT2D eigenvalue weighted by Gasteiger charge is 2.36. The molecule has 0 radical (unpaired) electrons. The highest BCUT2D eigenvalue weighted by molar-refractivity contribution is 7.99. The van der Waals surface area contributed by atoms with Crippen molar-refractivity contribution in [2.45, 2.75) is 42.8 Å². The average Bonchev–Trinajstić information content (AvgIpc) is 3.76. The van der Waals surface area contributed by atoms with Gasteiger partial charge in [-0.2, -0.15) is 4.31 Å². The van der Waals surface area contributed by atoms with E-state index in [0.29, 0.717) is 43.9 Å². The zero-order valence-corrected chi connectivity index (χ0v) is 19.5. The van der Waals surface area contributed by atoms with E-state index in [9.17, 15) is 13.2 Å². The van der Waals surface area contributed by atoms with Gasteiger partial charge in [0.05, 0.1) is 5.75 Å². The summed E-state index contributed by atoms with van der Waals surface area (Å²) in [6, 6.07) is 9.84. The lowest BCUT2D eigenvalue weighted by atomic mass is 10.2. The number of sulfonamides is 1. The molecule has 0 spiro atoms. The number of nitrogens with zero attached hydrogens (tertiary/aromatic N) is 5. The Labute approximate surface area is 192 Å². The maximum Gasteiger partial charge on any atom is 0.236 e. The molecule has 32 heavy (non-hydrogen) atoms. The molecule has 2 aromatic rings. The van der Waals surface area contributed by atoms with E-state index >= 15 is 0 Å². The third kappa shape index (κ3) is 4.92. The van der Waals surface area contributed by atoms with Crippen LogP contribution in [-0.4, -0.2) is 70.2 Å². The van der Waals surface area contributed by atoms with E-state index in [4.69, 9.17) is 0 Å². The molecule has 2 aliphatic carbocycles. The van der Waals surface area contributed by atoms with Crippen molar-refractivity contribution in [2.24, 2.45) is 0 Å². The van der Waals surface area contributed by atoms with Crippen LogP contribution in [0.5, 0.6) is 0 Å². The number of hydrogen-bond donors (Lipinski definition) is 0. The van der Waals surface area contributed by atoms with Gasteiger partial charge in [-0.15, -0.1) is 10.2 Å². The molecule has 1 saturated heterocycles. The Bertz CT molecular complexity index is 1100. The quantitative estimate of drug-likeness (QED) is 0.548. The fourth-order valence-electron chi connectivity index (χ4n) is 3.91. The Morgan fingerprint density at radius 1 is 1.03 bits per heavy atom. The second kappa shape index (κ2) is 8.99. The molecular weight excluding hydrogens is 446 g/mol. The molecule has 0 N–H and O–H groups in total. The zero-order valence-electron chi connectivity index (χ0n) is 17.8. The van der Waals surface area contributed by atoms with E-state index in [1.54, 1.807) is 11.0 Å². The van der Waals surface area contributed by atoms with Crippen molar-refractivity contribution in [1.29, 1.82) is 0 Å². The smallest absolute Gasteiger partial charge is 0.236 e. The molecule has 2 heterocycles. The van der Waals surface area contributed by atoms with Crippen LogP contribution in [0.4, 0.5) is 0 Å². The number of aromatic nitrogens is 3. The summed E-state index contributed by atoms with van der Waals surface area (Å²) >= 11 is 1.45. The average molecular weight is 474 g/mol. The molecule has 3 aliphatic rings. The van der Waals surface area contributed by atoms with E-state index in [1.807, 2.05) is 30.3 Å². The number of hydrogen-bond acceptors (Lipinski definition) is 6. The van der Waals surface area contributed by atoms with Gasteiger partial charge < -0.3 is 9.47 Å². The van der Waals surface area contributed by atoms with Gasteiger partial charge in [-0.25, -0.2) is 8.42 Å². The third-order valence-electron chi connectivity index (χ3n) is 6.05. The summed E-state index contributed by atoms with van der Waals surface area (Å²) in [7, 11) is -3.51. The third-order valence-corrected chi connectivity index (χ3v) is 8.55. The van der Waals surface area contributed by atoms with Crippen molar-refractivity contribution in [3.05, 3.63) is 47.1 Å². The van der Waals surface area contributed by atoms with Crippen LogP contribution in [0.3, 0.4) is 0 Å². The molecule has 8 nitrogen and oxygen atoms in total. The minimum absolute atomic E-state index is 0.0187. The van der Waals surface area contributed by atoms with Crippen molar-refractivity contribution >= 4 is 33.8 Å². The number of thioether (sulfide) groups is 1. The van der Waals surface area contributed by atoms with E-state index in [2.05, 4.69) is 14.8 Å². The van der Waals surface area contributed by atoms with Crippen molar-refractivity contribution in [3.63, 3.8) is 0 Å². The number of carbonyl (C=O) groups excluding carboxylic acids is 1. The topological polar surface area (TPSA) is 88.4 Å². The van der Waals surface area contributed by atoms with Crippen molar-refractivity contribution in [1.82, 2.24) is 24.0 Å². The molecule has 0 atom stereocenters. The number of benzene rings is 1. The summed E-state index contributed by atoms with van der Waals surface area (Å²) in [5, 5.41) is 10.8. The van der Waals surface area contributed by atoms with Crippen LogP contribution >= 0.6 is 11.8 Å². The molecule has 1 aliphatic heterocycles. The first-order chi connectivity index (χ1) is 15.5. The number of piperazine rings is 1. The Kier molecular flexibility index (Phi) is 6.09. The van der Waals surface area contributed by atoms with Gasteiger partial charge in [0, 0.05) is 43.5 Å². The number of rotatable bonds is 8. The van der Waals surface area contributed by atoms with Crippen LogP contribution in [0.15, 0.2) is 40.9 Å². The van der Waals surface area contributed by atoms with E-state index in [1.165, 1.54) is 34.3 Å². The monoisotopic (exact) mass is 473 g/mol. The first-order valence-corrected chi connectivity index (χ1v) is 13.6. The molecule has 1 aromatic heterocycles. The predicted molar refractivity (Wildman–Crippen MR) is 124 cm³/mol. The molecular formula is C22H27N5O3S2. The normalized spacial score (nSPS) is 20.2. The summed E-state index contributed by atoms with van der Waals surface area (Å²) < 4.78 is 28.9. The molecule has 10 heteroatoms. The van der Waals surface area contributed by atoms with Gasteiger partial charge in [-0.05, 0) is 37.3 Å². The molecule has 170 valence electrons. The van der Waals surface area contributed by atoms with Gasteiger partial charge in [-0.1, -0.05) is 42.1 Å². The van der Waals surface area contributed by atoms with E-state index < -0.39 is 10.0 Å². The Morgan fingerprint density at radius 2 is 1.75 bits per heavy atom. The van der Waals surface area contributed by atoms with Gasteiger partial charge >= 0.3 is 0 Å². The van der Waals surface area contributed by atoms with Gasteiger partial charge in [0.15, 0.2) is 5.16 Å². The molecule has 0 bridgehead atoms. The highest BCUT2D eigenvalue weighted by Crippen LogP contribution is 2.46. The maximum atomic E-state index is 12.8. The minimum Gasteiger partial charge on any atom is -0.339 e. The summed E-state index contributed by atoms with van der Waals surface area (Å²) in [6.45, 7) is 1.42. The largest absolute Gasteiger partial charge is 0.339 e. The minimum atomic E-state index is -3.51. The van der Waals surface area contributed by atoms with Crippen molar-refractivity contribution < 1.29 is 13.2 Å². The first-order valence-electron chi connectivity index (χ1n) is 11.1. The zero-order chi connectivity index (χ0) is 22.1.